The van der Waals surface area contributed by atoms with E-state index in [2.05, 4.69) is 20.6 Å². The minimum absolute atomic E-state index is 0.0511. The lowest BCUT2D eigenvalue weighted by Crippen LogP contribution is -2.40. The van der Waals surface area contributed by atoms with Gasteiger partial charge in [-0.25, -0.2) is 4.39 Å². The molecule has 1 aliphatic carbocycles. The number of amides is 1. The summed E-state index contributed by atoms with van der Waals surface area (Å²) in [6.45, 7) is 0.681. The van der Waals surface area contributed by atoms with Crippen LogP contribution in [0.2, 0.25) is 0 Å². The summed E-state index contributed by atoms with van der Waals surface area (Å²) in [5.74, 6) is -0.930. The quantitative estimate of drug-likeness (QED) is 0.641. The molecule has 8 heteroatoms. The summed E-state index contributed by atoms with van der Waals surface area (Å²) in [5.41, 5.74) is 1.32. The van der Waals surface area contributed by atoms with Crippen LogP contribution < -0.4 is 5.32 Å². The van der Waals surface area contributed by atoms with E-state index >= 15 is 0 Å². The molecule has 2 aromatic heterocycles. The SMILES string of the molecule is O=C(N[C@@H]1CC(Cn2cccn2)C[C@H]1O)c1cc(-c2ccn[nH]2)ccc1F. The van der Waals surface area contributed by atoms with Crippen LogP contribution in [-0.4, -0.2) is 43.1 Å². The lowest BCUT2D eigenvalue weighted by molar-refractivity contribution is 0.0869. The Morgan fingerprint density at radius 1 is 1.33 bits per heavy atom. The lowest BCUT2D eigenvalue weighted by Gasteiger charge is -2.17. The molecule has 27 heavy (non-hydrogen) atoms. The second-order valence-electron chi connectivity index (χ2n) is 6.88. The molecule has 7 nitrogen and oxygen atoms in total. The first-order valence-electron chi connectivity index (χ1n) is 8.86. The maximum atomic E-state index is 14.2. The number of nitrogens with one attached hydrogen (secondary N) is 2. The number of aromatic amines is 1. The minimum atomic E-state index is -0.659. The molecule has 1 unspecified atom stereocenters. The highest BCUT2D eigenvalue weighted by atomic mass is 19.1. The van der Waals surface area contributed by atoms with Crippen molar-refractivity contribution in [3.05, 3.63) is 60.3 Å². The van der Waals surface area contributed by atoms with Gasteiger partial charge in [0, 0.05) is 30.7 Å². The molecule has 1 amide bonds. The van der Waals surface area contributed by atoms with Crippen molar-refractivity contribution in [3.63, 3.8) is 0 Å². The molecule has 0 spiro atoms. The Morgan fingerprint density at radius 3 is 2.96 bits per heavy atom. The fourth-order valence-corrected chi connectivity index (χ4v) is 3.62. The molecule has 140 valence electrons. The summed E-state index contributed by atoms with van der Waals surface area (Å²) >= 11 is 0. The summed E-state index contributed by atoms with van der Waals surface area (Å²) in [6, 6.07) is 7.52. The Labute approximate surface area is 155 Å². The van der Waals surface area contributed by atoms with Crippen LogP contribution in [0.3, 0.4) is 0 Å². The zero-order valence-electron chi connectivity index (χ0n) is 14.5. The van der Waals surface area contributed by atoms with E-state index in [1.807, 2.05) is 16.9 Å². The number of aliphatic hydroxyl groups is 1. The van der Waals surface area contributed by atoms with Crippen LogP contribution in [0.15, 0.2) is 48.9 Å². The summed E-state index contributed by atoms with van der Waals surface area (Å²) in [5, 5.41) is 23.9. The van der Waals surface area contributed by atoms with Gasteiger partial charge in [-0.3, -0.25) is 14.6 Å². The maximum Gasteiger partial charge on any atom is 0.254 e. The molecule has 0 saturated heterocycles. The van der Waals surface area contributed by atoms with Crippen molar-refractivity contribution in [2.75, 3.05) is 0 Å². The average Bonchev–Trinajstić information content (AvgIpc) is 3.39. The number of hydrogen-bond acceptors (Lipinski definition) is 4. The molecular formula is C19H20FN5O2. The van der Waals surface area contributed by atoms with Crippen LogP contribution in [0, 0.1) is 11.7 Å². The van der Waals surface area contributed by atoms with E-state index in [1.54, 1.807) is 24.5 Å². The third-order valence-electron chi connectivity index (χ3n) is 4.97. The molecule has 4 rings (SSSR count). The first kappa shape index (κ1) is 17.4. The molecule has 0 radical (unpaired) electrons. The number of carbonyl (C=O) groups excluding carboxylic acids is 1. The molecule has 3 atom stereocenters. The molecule has 3 aromatic rings. The van der Waals surface area contributed by atoms with Crippen LogP contribution in [0.4, 0.5) is 4.39 Å². The smallest absolute Gasteiger partial charge is 0.254 e. The molecule has 1 aromatic carbocycles. The average molecular weight is 369 g/mol. The van der Waals surface area contributed by atoms with E-state index in [4.69, 9.17) is 0 Å². The molecule has 0 aliphatic heterocycles. The Hall–Kier alpha value is -3.00. The zero-order valence-corrected chi connectivity index (χ0v) is 14.5. The first-order chi connectivity index (χ1) is 13.1. The van der Waals surface area contributed by atoms with Gasteiger partial charge < -0.3 is 10.4 Å². The maximum absolute atomic E-state index is 14.2. The Balaban J connectivity index is 1.45. The van der Waals surface area contributed by atoms with Gasteiger partial charge in [0.2, 0.25) is 0 Å². The van der Waals surface area contributed by atoms with Gasteiger partial charge in [-0.1, -0.05) is 0 Å². The number of aromatic nitrogens is 4. The van der Waals surface area contributed by atoms with E-state index in [0.717, 1.165) is 0 Å². The number of hydrogen-bond donors (Lipinski definition) is 3. The number of nitrogens with zero attached hydrogens (tertiary/aromatic N) is 3. The van der Waals surface area contributed by atoms with Gasteiger partial charge in [-0.2, -0.15) is 10.2 Å². The molecule has 0 bridgehead atoms. The Morgan fingerprint density at radius 2 is 2.22 bits per heavy atom. The van der Waals surface area contributed by atoms with E-state index in [-0.39, 0.29) is 11.5 Å². The van der Waals surface area contributed by atoms with Crippen molar-refractivity contribution in [2.45, 2.75) is 31.5 Å². The van der Waals surface area contributed by atoms with Crippen LogP contribution in [0.5, 0.6) is 0 Å². The molecule has 1 aliphatic rings. The lowest BCUT2D eigenvalue weighted by atomic mass is 10.1. The summed E-state index contributed by atoms with van der Waals surface area (Å²) in [6.07, 6.45) is 5.70. The van der Waals surface area contributed by atoms with Crippen molar-refractivity contribution >= 4 is 5.91 Å². The Kier molecular flexibility index (Phi) is 4.72. The molecule has 2 heterocycles. The topological polar surface area (TPSA) is 95.8 Å². The van der Waals surface area contributed by atoms with E-state index in [0.29, 0.717) is 30.6 Å². The van der Waals surface area contributed by atoms with Gasteiger partial charge in [0.1, 0.15) is 5.82 Å². The monoisotopic (exact) mass is 369 g/mol. The molecule has 1 fully saturated rings. The van der Waals surface area contributed by atoms with Gasteiger partial charge in [0.05, 0.1) is 23.4 Å². The number of H-pyrrole nitrogens is 1. The predicted octanol–water partition coefficient (Wildman–Crippen LogP) is 1.98. The van der Waals surface area contributed by atoms with Gasteiger partial charge in [0.15, 0.2) is 0 Å². The number of benzene rings is 1. The fraction of sp³-hybridized carbons (Fsp3) is 0.316. The van der Waals surface area contributed by atoms with Crippen molar-refractivity contribution in [3.8, 4) is 11.3 Å². The largest absolute Gasteiger partial charge is 0.391 e. The Bertz CT molecular complexity index is 910. The second kappa shape index (κ2) is 7.32. The van der Waals surface area contributed by atoms with Gasteiger partial charge in [-0.15, -0.1) is 0 Å². The normalized spacial score (nSPS) is 22.1. The van der Waals surface area contributed by atoms with Crippen LogP contribution in [0.1, 0.15) is 23.2 Å². The van der Waals surface area contributed by atoms with E-state index < -0.39 is 23.9 Å². The molecule has 1 saturated carbocycles. The van der Waals surface area contributed by atoms with Crippen molar-refractivity contribution in [1.82, 2.24) is 25.3 Å². The predicted molar refractivity (Wildman–Crippen MR) is 96.2 cm³/mol. The van der Waals surface area contributed by atoms with E-state index in [1.165, 1.54) is 12.1 Å². The van der Waals surface area contributed by atoms with Gasteiger partial charge in [0.25, 0.3) is 5.91 Å². The summed E-state index contributed by atoms with van der Waals surface area (Å²) in [4.78, 5) is 12.6. The third kappa shape index (κ3) is 3.75. The van der Waals surface area contributed by atoms with Crippen LogP contribution in [0.25, 0.3) is 11.3 Å². The summed E-state index contributed by atoms with van der Waals surface area (Å²) in [7, 11) is 0. The van der Waals surface area contributed by atoms with Crippen LogP contribution in [-0.2, 0) is 6.54 Å². The number of carbonyl (C=O) groups is 1. The van der Waals surface area contributed by atoms with Gasteiger partial charge in [-0.05, 0) is 49.1 Å². The first-order valence-corrected chi connectivity index (χ1v) is 8.86. The highest BCUT2D eigenvalue weighted by Gasteiger charge is 2.34. The van der Waals surface area contributed by atoms with E-state index in [9.17, 15) is 14.3 Å². The van der Waals surface area contributed by atoms with Gasteiger partial charge >= 0.3 is 0 Å². The number of halogens is 1. The summed E-state index contributed by atoms with van der Waals surface area (Å²) < 4.78 is 16.0. The van der Waals surface area contributed by atoms with Crippen LogP contribution >= 0.6 is 0 Å². The van der Waals surface area contributed by atoms with Crippen molar-refractivity contribution in [2.24, 2.45) is 5.92 Å². The van der Waals surface area contributed by atoms with Crippen molar-refractivity contribution < 1.29 is 14.3 Å². The molecule has 3 N–H and O–H groups in total. The molecular weight excluding hydrogens is 349 g/mol. The standard InChI is InChI=1S/C19H20FN5O2/c20-15-3-2-13(16-4-6-21-24-16)10-14(15)19(27)23-17-8-12(9-18(17)26)11-25-7-1-5-22-25/h1-7,10,12,17-18,26H,8-9,11H2,(H,21,24)(H,23,27)/t12?,17-,18-/m1/s1. The second-order valence-corrected chi connectivity index (χ2v) is 6.88. The minimum Gasteiger partial charge on any atom is -0.391 e. The fourth-order valence-electron chi connectivity index (χ4n) is 3.62. The third-order valence-corrected chi connectivity index (χ3v) is 4.97. The zero-order chi connectivity index (χ0) is 18.8. The number of rotatable bonds is 5. The number of aliphatic hydroxyl groups excluding tert-OH is 1. The highest BCUT2D eigenvalue weighted by molar-refractivity contribution is 5.95. The van der Waals surface area contributed by atoms with Crippen molar-refractivity contribution in [1.29, 1.82) is 0 Å². The highest BCUT2D eigenvalue weighted by Crippen LogP contribution is 2.28.